The number of rotatable bonds is 9. The van der Waals surface area contributed by atoms with Gasteiger partial charge in [0, 0.05) is 18.2 Å². The SMILES string of the molecule is CCCCC(CC)CNC(=O)CCC1CC=CS1. The molecule has 1 aliphatic heterocycles. The molecule has 0 bridgehead atoms. The van der Waals surface area contributed by atoms with Gasteiger partial charge in [0.1, 0.15) is 0 Å². The smallest absolute Gasteiger partial charge is 0.220 e. The average Bonchev–Trinajstić information content (AvgIpc) is 2.89. The molecule has 0 saturated heterocycles. The molecule has 0 saturated carbocycles. The zero-order valence-corrected chi connectivity index (χ0v) is 12.6. The van der Waals surface area contributed by atoms with Crippen LogP contribution in [0.15, 0.2) is 11.5 Å². The van der Waals surface area contributed by atoms with Gasteiger partial charge in [-0.1, -0.05) is 39.2 Å². The summed E-state index contributed by atoms with van der Waals surface area (Å²) in [6.45, 7) is 5.30. The Morgan fingerprint density at radius 2 is 2.33 bits per heavy atom. The molecule has 18 heavy (non-hydrogen) atoms. The number of nitrogens with one attached hydrogen (secondary N) is 1. The maximum Gasteiger partial charge on any atom is 0.220 e. The maximum absolute atomic E-state index is 11.8. The molecule has 1 heterocycles. The Labute approximate surface area is 116 Å². The summed E-state index contributed by atoms with van der Waals surface area (Å²) in [6, 6.07) is 0. The van der Waals surface area contributed by atoms with Crippen molar-refractivity contribution in [3.8, 4) is 0 Å². The van der Waals surface area contributed by atoms with E-state index in [2.05, 4.69) is 30.6 Å². The van der Waals surface area contributed by atoms with Crippen molar-refractivity contribution in [2.24, 2.45) is 5.92 Å². The van der Waals surface area contributed by atoms with E-state index < -0.39 is 0 Å². The van der Waals surface area contributed by atoms with Crippen molar-refractivity contribution < 1.29 is 4.79 Å². The highest BCUT2D eigenvalue weighted by Crippen LogP contribution is 2.27. The van der Waals surface area contributed by atoms with Gasteiger partial charge in [0.05, 0.1) is 0 Å². The first kappa shape index (κ1) is 15.6. The van der Waals surface area contributed by atoms with E-state index in [9.17, 15) is 4.79 Å². The third-order valence-corrected chi connectivity index (χ3v) is 4.75. The molecule has 3 heteroatoms. The molecule has 104 valence electrons. The molecule has 0 radical (unpaired) electrons. The zero-order chi connectivity index (χ0) is 13.2. The fraction of sp³-hybridized carbons (Fsp3) is 0.800. The summed E-state index contributed by atoms with van der Waals surface area (Å²) >= 11 is 1.86. The van der Waals surface area contributed by atoms with Crippen LogP contribution in [0.4, 0.5) is 0 Å². The lowest BCUT2D eigenvalue weighted by Gasteiger charge is -2.15. The highest BCUT2D eigenvalue weighted by Gasteiger charge is 2.13. The predicted molar refractivity (Wildman–Crippen MR) is 80.7 cm³/mol. The van der Waals surface area contributed by atoms with E-state index in [1.54, 1.807) is 0 Å². The van der Waals surface area contributed by atoms with Gasteiger partial charge in [-0.15, -0.1) is 11.8 Å². The molecule has 2 unspecified atom stereocenters. The van der Waals surface area contributed by atoms with Crippen LogP contribution in [0.1, 0.15) is 58.8 Å². The van der Waals surface area contributed by atoms with Crippen LogP contribution in [0.3, 0.4) is 0 Å². The Balaban J connectivity index is 2.07. The summed E-state index contributed by atoms with van der Waals surface area (Å²) in [4.78, 5) is 11.8. The third kappa shape index (κ3) is 6.48. The van der Waals surface area contributed by atoms with Gasteiger partial charge in [0.25, 0.3) is 0 Å². The molecule has 0 aromatic heterocycles. The van der Waals surface area contributed by atoms with Crippen LogP contribution in [-0.4, -0.2) is 17.7 Å². The second-order valence-corrected chi connectivity index (χ2v) is 6.34. The summed E-state index contributed by atoms with van der Waals surface area (Å²) in [5.41, 5.74) is 0. The molecule has 0 aliphatic carbocycles. The summed E-state index contributed by atoms with van der Waals surface area (Å²) in [5, 5.41) is 5.89. The lowest BCUT2D eigenvalue weighted by atomic mass is 9.99. The van der Waals surface area contributed by atoms with Crippen molar-refractivity contribution in [2.45, 2.75) is 64.0 Å². The molecular formula is C15H27NOS. The first-order chi connectivity index (χ1) is 8.76. The van der Waals surface area contributed by atoms with Gasteiger partial charge in [-0.3, -0.25) is 4.79 Å². The Hall–Kier alpha value is -0.440. The minimum absolute atomic E-state index is 0.234. The van der Waals surface area contributed by atoms with Crippen molar-refractivity contribution >= 4 is 17.7 Å². The van der Waals surface area contributed by atoms with Crippen molar-refractivity contribution in [3.63, 3.8) is 0 Å². The number of allylic oxidation sites excluding steroid dienone is 1. The number of amides is 1. The summed E-state index contributed by atoms with van der Waals surface area (Å²) in [5.74, 6) is 0.897. The minimum atomic E-state index is 0.234. The first-order valence-corrected chi connectivity index (χ1v) is 8.27. The molecule has 2 nitrogen and oxygen atoms in total. The molecule has 1 rings (SSSR count). The van der Waals surface area contributed by atoms with E-state index in [0.29, 0.717) is 17.6 Å². The molecule has 1 amide bonds. The van der Waals surface area contributed by atoms with Gasteiger partial charge in [-0.25, -0.2) is 0 Å². The van der Waals surface area contributed by atoms with Crippen molar-refractivity contribution in [3.05, 3.63) is 11.5 Å². The van der Waals surface area contributed by atoms with E-state index in [1.165, 1.54) is 25.7 Å². The van der Waals surface area contributed by atoms with Crippen LogP contribution in [0, 0.1) is 5.92 Å². The molecule has 1 aliphatic rings. The Morgan fingerprint density at radius 1 is 1.50 bits per heavy atom. The molecular weight excluding hydrogens is 242 g/mol. The number of carbonyl (C=O) groups is 1. The van der Waals surface area contributed by atoms with E-state index in [0.717, 1.165) is 19.4 Å². The molecule has 0 aromatic carbocycles. The molecule has 1 N–H and O–H groups in total. The first-order valence-electron chi connectivity index (χ1n) is 7.33. The monoisotopic (exact) mass is 269 g/mol. The van der Waals surface area contributed by atoms with Crippen molar-refractivity contribution in [2.75, 3.05) is 6.54 Å². The molecule has 0 spiro atoms. The lowest BCUT2D eigenvalue weighted by Crippen LogP contribution is -2.29. The van der Waals surface area contributed by atoms with Gasteiger partial charge in [-0.05, 0) is 30.6 Å². The van der Waals surface area contributed by atoms with Crippen LogP contribution < -0.4 is 5.32 Å². The van der Waals surface area contributed by atoms with E-state index in [-0.39, 0.29) is 5.91 Å². The largest absolute Gasteiger partial charge is 0.356 e. The second-order valence-electron chi connectivity index (χ2n) is 5.12. The summed E-state index contributed by atoms with van der Waals surface area (Å²) in [7, 11) is 0. The Morgan fingerprint density at radius 3 is 2.94 bits per heavy atom. The van der Waals surface area contributed by atoms with Crippen molar-refractivity contribution in [1.29, 1.82) is 0 Å². The predicted octanol–water partition coefficient (Wildman–Crippen LogP) is 4.12. The van der Waals surface area contributed by atoms with Crippen LogP contribution >= 0.6 is 11.8 Å². The fourth-order valence-electron chi connectivity index (χ4n) is 2.20. The quantitative estimate of drug-likeness (QED) is 0.682. The van der Waals surface area contributed by atoms with E-state index in [4.69, 9.17) is 0 Å². The minimum Gasteiger partial charge on any atom is -0.356 e. The van der Waals surface area contributed by atoms with Crippen molar-refractivity contribution in [1.82, 2.24) is 5.32 Å². The average molecular weight is 269 g/mol. The lowest BCUT2D eigenvalue weighted by molar-refractivity contribution is -0.121. The molecule has 2 atom stereocenters. The van der Waals surface area contributed by atoms with Crippen LogP contribution in [0.5, 0.6) is 0 Å². The van der Waals surface area contributed by atoms with Gasteiger partial charge in [0.2, 0.25) is 5.91 Å². The van der Waals surface area contributed by atoms with E-state index in [1.807, 2.05) is 11.8 Å². The third-order valence-electron chi connectivity index (χ3n) is 3.59. The number of unbranched alkanes of at least 4 members (excludes halogenated alkanes) is 1. The summed E-state index contributed by atoms with van der Waals surface area (Å²) in [6.07, 6.45) is 9.96. The fourth-order valence-corrected chi connectivity index (χ4v) is 3.12. The normalized spacial score (nSPS) is 20.0. The maximum atomic E-state index is 11.8. The van der Waals surface area contributed by atoms with E-state index >= 15 is 0 Å². The number of hydrogen-bond donors (Lipinski definition) is 1. The number of carbonyl (C=O) groups excluding carboxylic acids is 1. The Bertz CT molecular complexity index is 257. The number of thioether (sulfide) groups is 1. The molecule has 0 fully saturated rings. The highest BCUT2D eigenvalue weighted by molar-refractivity contribution is 8.03. The summed E-state index contributed by atoms with van der Waals surface area (Å²) < 4.78 is 0. The highest BCUT2D eigenvalue weighted by atomic mass is 32.2. The van der Waals surface area contributed by atoms with Gasteiger partial charge >= 0.3 is 0 Å². The van der Waals surface area contributed by atoms with Crippen LogP contribution in [-0.2, 0) is 4.79 Å². The number of hydrogen-bond acceptors (Lipinski definition) is 2. The molecule has 0 aromatic rings. The van der Waals surface area contributed by atoms with Gasteiger partial charge < -0.3 is 5.32 Å². The zero-order valence-electron chi connectivity index (χ0n) is 11.8. The van der Waals surface area contributed by atoms with Crippen LogP contribution in [0.2, 0.25) is 0 Å². The second kappa shape index (κ2) is 9.48. The van der Waals surface area contributed by atoms with Gasteiger partial charge in [0.15, 0.2) is 0 Å². The standard InChI is InChI=1S/C15H27NOS/c1-3-5-7-13(4-2)12-16-15(17)10-9-14-8-6-11-18-14/h6,11,13-14H,3-5,7-10,12H2,1-2H3,(H,16,17). The van der Waals surface area contributed by atoms with Gasteiger partial charge in [-0.2, -0.15) is 0 Å². The Kier molecular flexibility index (Phi) is 8.23. The topological polar surface area (TPSA) is 29.1 Å². The van der Waals surface area contributed by atoms with Crippen LogP contribution in [0.25, 0.3) is 0 Å².